The van der Waals surface area contributed by atoms with Crippen LogP contribution in [0.5, 0.6) is 5.75 Å². The molecule has 1 N–H and O–H groups in total. The van der Waals surface area contributed by atoms with E-state index >= 15 is 0 Å². The molecule has 110 valence electrons. The molecule has 0 aliphatic rings. The smallest absolute Gasteiger partial charge is 0.328 e. The standard InChI is InChI=1S/C14H16N4O3/c1-9-6-11(4-5-13(19)20)7-10(2)14(9)21-8-12-15-17-18(3)16-12/h4-7H,8H2,1-3H3,(H,19,20)/b5-4+. The summed E-state index contributed by atoms with van der Waals surface area (Å²) in [5.74, 6) is 0.278. The van der Waals surface area contributed by atoms with Gasteiger partial charge in [-0.05, 0) is 54.0 Å². The maximum absolute atomic E-state index is 10.5. The van der Waals surface area contributed by atoms with E-state index in [9.17, 15) is 4.79 Å². The summed E-state index contributed by atoms with van der Waals surface area (Å²) in [7, 11) is 1.69. The van der Waals surface area contributed by atoms with Crippen molar-refractivity contribution in [2.45, 2.75) is 20.5 Å². The third-order valence-electron chi connectivity index (χ3n) is 2.80. The summed E-state index contributed by atoms with van der Waals surface area (Å²) in [4.78, 5) is 11.9. The maximum atomic E-state index is 10.5. The molecule has 0 amide bonds. The zero-order valence-electron chi connectivity index (χ0n) is 12.1. The van der Waals surface area contributed by atoms with Gasteiger partial charge in [-0.1, -0.05) is 0 Å². The number of carbonyl (C=O) groups is 1. The summed E-state index contributed by atoms with van der Waals surface area (Å²) in [5, 5.41) is 20.3. The van der Waals surface area contributed by atoms with Gasteiger partial charge in [0.1, 0.15) is 5.75 Å². The van der Waals surface area contributed by atoms with Gasteiger partial charge >= 0.3 is 5.97 Å². The van der Waals surface area contributed by atoms with E-state index in [-0.39, 0.29) is 6.61 Å². The first-order valence-corrected chi connectivity index (χ1v) is 6.33. The second kappa shape index (κ2) is 6.17. The molecule has 1 aromatic carbocycles. The van der Waals surface area contributed by atoms with Gasteiger partial charge in [0.2, 0.25) is 5.82 Å². The minimum absolute atomic E-state index is 0.236. The van der Waals surface area contributed by atoms with Gasteiger partial charge in [-0.15, -0.1) is 10.2 Å². The number of hydrogen-bond donors (Lipinski definition) is 1. The molecule has 0 unspecified atom stereocenters. The van der Waals surface area contributed by atoms with E-state index < -0.39 is 5.97 Å². The summed E-state index contributed by atoms with van der Waals surface area (Å²) in [6.45, 7) is 4.05. The Morgan fingerprint density at radius 2 is 2.05 bits per heavy atom. The topological polar surface area (TPSA) is 90.1 Å². The number of benzene rings is 1. The Morgan fingerprint density at radius 3 is 2.57 bits per heavy atom. The van der Waals surface area contributed by atoms with Crippen LogP contribution in [0.1, 0.15) is 22.5 Å². The molecule has 0 radical (unpaired) electrons. The van der Waals surface area contributed by atoms with Crippen LogP contribution in [0.3, 0.4) is 0 Å². The molecule has 0 bridgehead atoms. The molecule has 1 heterocycles. The van der Waals surface area contributed by atoms with Crippen molar-refractivity contribution in [3.05, 3.63) is 40.7 Å². The Kier molecular flexibility index (Phi) is 4.32. The summed E-state index contributed by atoms with van der Waals surface area (Å²) < 4.78 is 5.73. The fourth-order valence-corrected chi connectivity index (χ4v) is 1.99. The highest BCUT2D eigenvalue weighted by Crippen LogP contribution is 2.26. The largest absolute Gasteiger partial charge is 0.485 e. The van der Waals surface area contributed by atoms with Gasteiger partial charge in [-0.3, -0.25) is 0 Å². The first kappa shape index (κ1) is 14.7. The zero-order chi connectivity index (χ0) is 15.4. The molecular formula is C14H16N4O3. The predicted octanol–water partition coefficient (Wildman–Crippen LogP) is 1.50. The molecule has 0 atom stereocenters. The minimum atomic E-state index is -0.973. The lowest BCUT2D eigenvalue weighted by Crippen LogP contribution is -2.02. The molecule has 0 aliphatic heterocycles. The molecule has 7 heteroatoms. The van der Waals surface area contributed by atoms with Crippen LogP contribution in [-0.4, -0.2) is 31.3 Å². The fourth-order valence-electron chi connectivity index (χ4n) is 1.99. The van der Waals surface area contributed by atoms with E-state index in [4.69, 9.17) is 9.84 Å². The molecule has 21 heavy (non-hydrogen) atoms. The number of nitrogens with zero attached hydrogens (tertiary/aromatic N) is 4. The minimum Gasteiger partial charge on any atom is -0.485 e. The number of hydrogen-bond acceptors (Lipinski definition) is 5. The quantitative estimate of drug-likeness (QED) is 0.839. The van der Waals surface area contributed by atoms with Crippen LogP contribution in [0.4, 0.5) is 0 Å². The lowest BCUT2D eigenvalue weighted by Gasteiger charge is -2.11. The lowest BCUT2D eigenvalue weighted by atomic mass is 10.1. The average molecular weight is 288 g/mol. The Labute approximate surface area is 121 Å². The van der Waals surface area contributed by atoms with Crippen molar-refractivity contribution in [3.8, 4) is 5.75 Å². The molecule has 0 saturated carbocycles. The molecule has 2 rings (SSSR count). The monoisotopic (exact) mass is 288 g/mol. The van der Waals surface area contributed by atoms with Crippen LogP contribution >= 0.6 is 0 Å². The third-order valence-corrected chi connectivity index (χ3v) is 2.80. The maximum Gasteiger partial charge on any atom is 0.328 e. The Balaban J connectivity index is 2.15. The lowest BCUT2D eigenvalue weighted by molar-refractivity contribution is -0.131. The SMILES string of the molecule is Cc1cc(/C=C/C(=O)O)cc(C)c1OCc1nnn(C)n1. The third kappa shape index (κ3) is 3.88. The number of carboxylic acids is 1. The summed E-state index contributed by atoms with van der Waals surface area (Å²) in [5.41, 5.74) is 2.66. The van der Waals surface area contributed by atoms with Crippen molar-refractivity contribution in [1.82, 2.24) is 20.2 Å². The van der Waals surface area contributed by atoms with Crippen LogP contribution in [0, 0.1) is 13.8 Å². The Bertz CT molecular complexity index is 668. The van der Waals surface area contributed by atoms with E-state index in [0.29, 0.717) is 5.82 Å². The molecule has 2 aromatic rings. The molecule has 0 aliphatic carbocycles. The predicted molar refractivity (Wildman–Crippen MR) is 75.7 cm³/mol. The van der Waals surface area contributed by atoms with Gasteiger partial charge in [0, 0.05) is 6.08 Å². The van der Waals surface area contributed by atoms with Gasteiger partial charge in [-0.25, -0.2) is 4.79 Å². The van der Waals surface area contributed by atoms with Gasteiger partial charge in [0.25, 0.3) is 0 Å². The van der Waals surface area contributed by atoms with Crippen molar-refractivity contribution in [2.24, 2.45) is 7.05 Å². The second-order valence-corrected chi connectivity index (χ2v) is 4.64. The van der Waals surface area contributed by atoms with E-state index in [2.05, 4.69) is 15.4 Å². The van der Waals surface area contributed by atoms with Crippen molar-refractivity contribution in [1.29, 1.82) is 0 Å². The highest BCUT2D eigenvalue weighted by molar-refractivity contribution is 5.85. The Hall–Kier alpha value is -2.70. The Morgan fingerprint density at radius 1 is 1.38 bits per heavy atom. The summed E-state index contributed by atoms with van der Waals surface area (Å²) in [6, 6.07) is 3.73. The second-order valence-electron chi connectivity index (χ2n) is 4.64. The molecule has 0 saturated heterocycles. The molecule has 1 aromatic heterocycles. The van der Waals surface area contributed by atoms with Crippen molar-refractivity contribution in [3.63, 3.8) is 0 Å². The van der Waals surface area contributed by atoms with Crippen molar-refractivity contribution in [2.75, 3.05) is 0 Å². The highest BCUT2D eigenvalue weighted by atomic mass is 16.5. The number of aryl methyl sites for hydroxylation is 3. The van der Waals surface area contributed by atoms with E-state index in [1.807, 2.05) is 26.0 Å². The van der Waals surface area contributed by atoms with Crippen LogP contribution in [0.15, 0.2) is 18.2 Å². The van der Waals surface area contributed by atoms with Crippen molar-refractivity contribution >= 4 is 12.0 Å². The van der Waals surface area contributed by atoms with Crippen LogP contribution in [0.25, 0.3) is 6.08 Å². The van der Waals surface area contributed by atoms with E-state index in [1.165, 1.54) is 4.80 Å². The highest BCUT2D eigenvalue weighted by Gasteiger charge is 2.08. The van der Waals surface area contributed by atoms with Crippen LogP contribution < -0.4 is 4.74 Å². The number of ether oxygens (including phenoxy) is 1. The van der Waals surface area contributed by atoms with Crippen molar-refractivity contribution < 1.29 is 14.6 Å². The van der Waals surface area contributed by atoms with Crippen LogP contribution in [-0.2, 0) is 18.4 Å². The fraction of sp³-hybridized carbons (Fsp3) is 0.286. The van der Waals surface area contributed by atoms with Gasteiger partial charge in [0.15, 0.2) is 6.61 Å². The molecule has 0 fully saturated rings. The summed E-state index contributed by atoms with van der Waals surface area (Å²) >= 11 is 0. The number of rotatable bonds is 5. The normalized spacial score (nSPS) is 11.0. The summed E-state index contributed by atoms with van der Waals surface area (Å²) in [6.07, 6.45) is 2.66. The molecule has 7 nitrogen and oxygen atoms in total. The van der Waals surface area contributed by atoms with Gasteiger partial charge in [-0.2, -0.15) is 4.80 Å². The molecular weight excluding hydrogens is 272 g/mol. The number of aliphatic carboxylic acids is 1. The average Bonchev–Trinajstić information content (AvgIpc) is 2.81. The first-order valence-electron chi connectivity index (χ1n) is 6.33. The number of aromatic nitrogens is 4. The zero-order valence-corrected chi connectivity index (χ0v) is 12.1. The van der Waals surface area contributed by atoms with E-state index in [0.717, 1.165) is 28.5 Å². The van der Waals surface area contributed by atoms with Gasteiger partial charge < -0.3 is 9.84 Å². The number of carboxylic acid groups (broad SMARTS) is 1. The molecule has 0 spiro atoms. The van der Waals surface area contributed by atoms with Gasteiger partial charge in [0.05, 0.1) is 7.05 Å². The van der Waals surface area contributed by atoms with Crippen LogP contribution in [0.2, 0.25) is 0 Å². The first-order chi connectivity index (χ1) is 9.95. The van der Waals surface area contributed by atoms with E-state index in [1.54, 1.807) is 13.1 Å². The number of tetrazole rings is 1.